The van der Waals surface area contributed by atoms with Gasteiger partial charge in [-0.1, -0.05) is 38.3 Å². The summed E-state index contributed by atoms with van der Waals surface area (Å²) in [5.74, 6) is 2.18. The summed E-state index contributed by atoms with van der Waals surface area (Å²) in [6.45, 7) is 2.65. The summed E-state index contributed by atoms with van der Waals surface area (Å²) in [6.07, 6.45) is 6.89. The molecule has 4 nitrogen and oxygen atoms in total. The molecule has 1 aliphatic carbocycles. The van der Waals surface area contributed by atoms with E-state index in [2.05, 4.69) is 5.32 Å². The molecule has 1 aliphatic rings. The third kappa shape index (κ3) is 5.93. The average molecular weight is 352 g/mol. The molecule has 0 bridgehead atoms. The van der Waals surface area contributed by atoms with Gasteiger partial charge in [-0.3, -0.25) is 4.79 Å². The minimum atomic E-state index is -0.485. The smallest absolute Gasteiger partial charge is 0.261 e. The highest BCUT2D eigenvalue weighted by Crippen LogP contribution is 2.28. The van der Waals surface area contributed by atoms with Crippen molar-refractivity contribution in [3.63, 3.8) is 0 Å². The van der Waals surface area contributed by atoms with E-state index >= 15 is 0 Å². The van der Waals surface area contributed by atoms with Gasteiger partial charge in [0.25, 0.3) is 5.91 Å². The maximum Gasteiger partial charge on any atom is 0.261 e. The highest BCUT2D eigenvalue weighted by atomic mass is 32.2. The van der Waals surface area contributed by atoms with Crippen LogP contribution in [0.1, 0.15) is 45.4 Å². The molecule has 1 fully saturated rings. The van der Waals surface area contributed by atoms with Gasteiger partial charge in [0, 0.05) is 17.5 Å². The lowest BCUT2D eigenvalue weighted by Crippen LogP contribution is -2.39. The van der Waals surface area contributed by atoms with Gasteiger partial charge in [-0.25, -0.2) is 0 Å². The molecule has 0 aromatic heterocycles. The van der Waals surface area contributed by atoms with Crippen LogP contribution in [0.5, 0.6) is 11.5 Å². The van der Waals surface area contributed by atoms with Crippen molar-refractivity contribution >= 4 is 17.7 Å². The van der Waals surface area contributed by atoms with Gasteiger partial charge < -0.3 is 14.8 Å². The van der Waals surface area contributed by atoms with E-state index in [1.54, 1.807) is 7.11 Å². The van der Waals surface area contributed by atoms with Crippen LogP contribution in [0, 0.1) is 0 Å². The second-order valence-corrected chi connectivity index (χ2v) is 7.50. The molecule has 1 aromatic rings. The molecule has 0 heterocycles. The van der Waals surface area contributed by atoms with Crippen LogP contribution in [0.3, 0.4) is 0 Å². The van der Waals surface area contributed by atoms with Gasteiger partial charge in [0.15, 0.2) is 17.6 Å². The summed E-state index contributed by atoms with van der Waals surface area (Å²) in [6, 6.07) is 7.42. The van der Waals surface area contributed by atoms with E-state index in [1.807, 2.05) is 43.0 Å². The first-order chi connectivity index (χ1) is 11.7. The molecule has 1 atom stereocenters. The van der Waals surface area contributed by atoms with E-state index < -0.39 is 6.10 Å². The number of ether oxygens (including phenoxy) is 2. The van der Waals surface area contributed by atoms with Gasteiger partial charge in [0.1, 0.15) is 0 Å². The third-order valence-corrected chi connectivity index (χ3v) is 5.69. The minimum Gasteiger partial charge on any atom is -0.493 e. The second kappa shape index (κ2) is 10.5. The van der Waals surface area contributed by atoms with Gasteiger partial charge in [-0.05, 0) is 31.4 Å². The van der Waals surface area contributed by atoms with Crippen molar-refractivity contribution in [2.75, 3.05) is 19.4 Å². The molecule has 1 N–H and O–H groups in total. The van der Waals surface area contributed by atoms with Crippen LogP contribution in [-0.2, 0) is 4.79 Å². The van der Waals surface area contributed by atoms with Crippen LogP contribution in [0.4, 0.5) is 0 Å². The molecule has 0 saturated heterocycles. The van der Waals surface area contributed by atoms with Gasteiger partial charge >= 0.3 is 0 Å². The molecule has 0 radical (unpaired) electrons. The molecule has 0 unspecified atom stereocenters. The quantitative estimate of drug-likeness (QED) is 0.682. The molecular weight excluding hydrogens is 322 g/mol. The monoisotopic (exact) mass is 351 g/mol. The minimum absolute atomic E-state index is 0.0485. The maximum atomic E-state index is 12.3. The lowest BCUT2D eigenvalue weighted by molar-refractivity contribution is -0.128. The van der Waals surface area contributed by atoms with Crippen molar-refractivity contribution < 1.29 is 14.3 Å². The van der Waals surface area contributed by atoms with E-state index in [-0.39, 0.29) is 5.91 Å². The first kappa shape index (κ1) is 19.0. The van der Waals surface area contributed by atoms with Crippen LogP contribution in [0.15, 0.2) is 24.3 Å². The molecule has 0 aliphatic heterocycles. The average Bonchev–Trinajstić information content (AvgIpc) is 2.64. The molecule has 2 rings (SSSR count). The topological polar surface area (TPSA) is 47.6 Å². The number of methoxy groups -OCH3 is 1. The highest BCUT2D eigenvalue weighted by Gasteiger charge is 2.20. The number of para-hydroxylation sites is 2. The fraction of sp³-hybridized carbons (Fsp3) is 0.632. The Hall–Kier alpha value is -1.36. The maximum absolute atomic E-state index is 12.3. The summed E-state index contributed by atoms with van der Waals surface area (Å²) < 4.78 is 11.1. The summed E-state index contributed by atoms with van der Waals surface area (Å²) in [5.41, 5.74) is 0. The Kier molecular flexibility index (Phi) is 8.29. The SMILES string of the molecule is CC[C@H](Oc1ccccc1OC)C(=O)NCCSC1CCCCC1. The Bertz CT molecular complexity index is 503. The number of thioether (sulfide) groups is 1. The van der Waals surface area contributed by atoms with Crippen molar-refractivity contribution in [1.29, 1.82) is 0 Å². The molecule has 5 heteroatoms. The molecule has 1 amide bonds. The molecule has 134 valence electrons. The fourth-order valence-corrected chi connectivity index (χ4v) is 4.16. The van der Waals surface area contributed by atoms with Gasteiger partial charge in [0.2, 0.25) is 0 Å². The Morgan fingerprint density at radius 3 is 2.62 bits per heavy atom. The summed E-state index contributed by atoms with van der Waals surface area (Å²) in [5, 5.41) is 3.79. The van der Waals surface area contributed by atoms with E-state index in [0.29, 0.717) is 24.5 Å². The summed E-state index contributed by atoms with van der Waals surface area (Å²) in [7, 11) is 1.60. The number of rotatable bonds is 9. The van der Waals surface area contributed by atoms with E-state index in [1.165, 1.54) is 32.1 Å². The predicted octanol–water partition coefficient (Wildman–Crippen LogP) is 4.03. The first-order valence-corrected chi connectivity index (χ1v) is 9.98. The molecule has 1 saturated carbocycles. The van der Waals surface area contributed by atoms with Crippen molar-refractivity contribution in [2.24, 2.45) is 0 Å². The van der Waals surface area contributed by atoms with E-state index in [0.717, 1.165) is 11.0 Å². The van der Waals surface area contributed by atoms with Crippen LogP contribution < -0.4 is 14.8 Å². The number of benzene rings is 1. The van der Waals surface area contributed by atoms with Crippen molar-refractivity contribution in [3.8, 4) is 11.5 Å². The van der Waals surface area contributed by atoms with Gasteiger partial charge in [-0.15, -0.1) is 0 Å². The Labute approximate surface area is 149 Å². The standard InChI is InChI=1S/C19H29NO3S/c1-3-16(23-18-12-8-7-11-17(18)22-2)19(21)20-13-14-24-15-9-5-4-6-10-15/h7-8,11-12,15-16H,3-6,9-10,13-14H2,1-2H3,(H,20,21)/t16-/m0/s1. The third-order valence-electron chi connectivity index (χ3n) is 4.31. The summed E-state index contributed by atoms with van der Waals surface area (Å²) >= 11 is 1.99. The largest absolute Gasteiger partial charge is 0.493 e. The number of nitrogens with one attached hydrogen (secondary N) is 1. The number of carbonyl (C=O) groups excluding carboxylic acids is 1. The first-order valence-electron chi connectivity index (χ1n) is 8.93. The zero-order valence-corrected chi connectivity index (χ0v) is 15.6. The number of amides is 1. The van der Waals surface area contributed by atoms with Crippen molar-refractivity contribution in [1.82, 2.24) is 5.32 Å². The Morgan fingerprint density at radius 2 is 1.96 bits per heavy atom. The highest BCUT2D eigenvalue weighted by molar-refractivity contribution is 7.99. The lowest BCUT2D eigenvalue weighted by Gasteiger charge is -2.21. The van der Waals surface area contributed by atoms with Crippen LogP contribution in [-0.4, -0.2) is 36.7 Å². The fourth-order valence-electron chi connectivity index (χ4n) is 2.94. The molecule has 0 spiro atoms. The normalized spacial score (nSPS) is 16.4. The predicted molar refractivity (Wildman–Crippen MR) is 100 cm³/mol. The zero-order valence-electron chi connectivity index (χ0n) is 14.8. The molecule has 24 heavy (non-hydrogen) atoms. The second-order valence-electron chi connectivity index (χ2n) is 6.09. The van der Waals surface area contributed by atoms with E-state index in [9.17, 15) is 4.79 Å². The lowest BCUT2D eigenvalue weighted by atomic mass is 10.0. The zero-order chi connectivity index (χ0) is 17.2. The molecule has 1 aromatic carbocycles. The number of carbonyl (C=O) groups is 1. The summed E-state index contributed by atoms with van der Waals surface area (Å²) in [4.78, 5) is 12.3. The van der Waals surface area contributed by atoms with Crippen molar-refractivity contribution in [3.05, 3.63) is 24.3 Å². The van der Waals surface area contributed by atoms with Crippen molar-refractivity contribution in [2.45, 2.75) is 56.8 Å². The van der Waals surface area contributed by atoms with Gasteiger partial charge in [0.05, 0.1) is 7.11 Å². The Morgan fingerprint density at radius 1 is 1.25 bits per heavy atom. The van der Waals surface area contributed by atoms with Gasteiger partial charge in [-0.2, -0.15) is 11.8 Å². The van der Waals surface area contributed by atoms with E-state index in [4.69, 9.17) is 9.47 Å². The number of hydrogen-bond donors (Lipinski definition) is 1. The number of hydrogen-bond acceptors (Lipinski definition) is 4. The Balaban J connectivity index is 1.74. The van der Waals surface area contributed by atoms with Crippen LogP contribution in [0.25, 0.3) is 0 Å². The van der Waals surface area contributed by atoms with Crippen LogP contribution in [0.2, 0.25) is 0 Å². The molecular formula is C19H29NO3S. The van der Waals surface area contributed by atoms with Crippen LogP contribution >= 0.6 is 11.8 Å².